The number of rotatable bonds is 5. The molecule has 1 heterocycles. The number of anilines is 1. The van der Waals surface area contributed by atoms with Gasteiger partial charge < -0.3 is 5.32 Å². The zero-order valence-corrected chi connectivity index (χ0v) is 18.1. The second kappa shape index (κ2) is 9.09. The molecule has 0 aliphatic heterocycles. The van der Waals surface area contributed by atoms with Gasteiger partial charge in [-0.05, 0) is 48.5 Å². The third-order valence-electron chi connectivity index (χ3n) is 4.39. The number of carbonyl (C=O) groups is 1. The van der Waals surface area contributed by atoms with E-state index in [-0.39, 0.29) is 17.2 Å². The van der Waals surface area contributed by atoms with E-state index in [0.29, 0.717) is 37.5 Å². The van der Waals surface area contributed by atoms with Gasteiger partial charge in [-0.3, -0.25) is 14.2 Å². The van der Waals surface area contributed by atoms with Crippen molar-refractivity contribution in [2.24, 2.45) is 0 Å². The number of thioether (sulfide) groups is 1. The fourth-order valence-corrected chi connectivity index (χ4v) is 4.25. The van der Waals surface area contributed by atoms with E-state index >= 15 is 0 Å². The van der Waals surface area contributed by atoms with Crippen molar-refractivity contribution >= 4 is 57.5 Å². The Morgan fingerprint density at radius 3 is 2.39 bits per heavy atom. The number of hydrogen-bond donors (Lipinski definition) is 1. The topological polar surface area (TPSA) is 64.0 Å². The molecule has 3 aromatic carbocycles. The first-order valence-electron chi connectivity index (χ1n) is 9.08. The molecular weight excluding hydrogens is 460 g/mol. The van der Waals surface area contributed by atoms with Crippen LogP contribution >= 0.6 is 35.0 Å². The molecule has 9 heteroatoms. The van der Waals surface area contributed by atoms with E-state index in [1.807, 2.05) is 0 Å². The van der Waals surface area contributed by atoms with E-state index in [1.165, 1.54) is 28.8 Å². The number of nitrogens with one attached hydrogen (secondary N) is 1. The van der Waals surface area contributed by atoms with E-state index in [4.69, 9.17) is 23.2 Å². The first kappa shape index (κ1) is 21.4. The zero-order chi connectivity index (χ0) is 22.0. The highest BCUT2D eigenvalue weighted by molar-refractivity contribution is 7.99. The second-order valence-corrected chi connectivity index (χ2v) is 8.22. The van der Waals surface area contributed by atoms with E-state index in [9.17, 15) is 14.0 Å². The van der Waals surface area contributed by atoms with E-state index in [1.54, 1.807) is 42.5 Å². The van der Waals surface area contributed by atoms with Crippen LogP contribution in [0.1, 0.15) is 0 Å². The smallest absolute Gasteiger partial charge is 0.266 e. The lowest BCUT2D eigenvalue weighted by molar-refractivity contribution is -0.113. The van der Waals surface area contributed by atoms with Crippen LogP contribution in [0.25, 0.3) is 16.6 Å². The van der Waals surface area contributed by atoms with Crippen LogP contribution in [-0.4, -0.2) is 21.2 Å². The van der Waals surface area contributed by atoms with Crippen LogP contribution in [0.4, 0.5) is 10.1 Å². The zero-order valence-electron chi connectivity index (χ0n) is 15.8. The maximum absolute atomic E-state index is 13.4. The number of nitrogens with zero attached hydrogens (tertiary/aromatic N) is 2. The van der Waals surface area contributed by atoms with Crippen LogP contribution in [0, 0.1) is 5.82 Å². The first-order valence-corrected chi connectivity index (χ1v) is 10.8. The van der Waals surface area contributed by atoms with Gasteiger partial charge in [-0.15, -0.1) is 0 Å². The van der Waals surface area contributed by atoms with Crippen LogP contribution in [0.3, 0.4) is 0 Å². The summed E-state index contributed by atoms with van der Waals surface area (Å²) < 4.78 is 14.8. The molecule has 4 rings (SSSR count). The summed E-state index contributed by atoms with van der Waals surface area (Å²) in [5, 5.41) is 4.04. The predicted octanol–water partition coefficient (Wildman–Crippen LogP) is 5.56. The first-order chi connectivity index (χ1) is 14.9. The Bertz CT molecular complexity index is 1320. The van der Waals surface area contributed by atoms with Crippen molar-refractivity contribution in [1.82, 2.24) is 9.55 Å². The summed E-state index contributed by atoms with van der Waals surface area (Å²) in [5.74, 6) is -0.836. The molecule has 1 amide bonds. The summed E-state index contributed by atoms with van der Waals surface area (Å²) in [7, 11) is 0. The average Bonchev–Trinajstić information content (AvgIpc) is 2.76. The number of para-hydroxylation sites is 2. The van der Waals surface area contributed by atoms with Gasteiger partial charge in [-0.1, -0.05) is 53.2 Å². The molecule has 0 unspecified atom stereocenters. The van der Waals surface area contributed by atoms with Gasteiger partial charge in [-0.2, -0.15) is 0 Å². The molecule has 1 aromatic heterocycles. The minimum absolute atomic E-state index is 0.0481. The fourth-order valence-electron chi connectivity index (χ4n) is 2.95. The van der Waals surface area contributed by atoms with Gasteiger partial charge in [0.05, 0.1) is 38.1 Å². The van der Waals surface area contributed by atoms with Crippen LogP contribution in [0.5, 0.6) is 0 Å². The molecule has 31 heavy (non-hydrogen) atoms. The molecular formula is C22H14Cl2FN3O2S. The van der Waals surface area contributed by atoms with Crippen molar-refractivity contribution in [3.8, 4) is 5.69 Å². The van der Waals surface area contributed by atoms with Crippen molar-refractivity contribution in [2.45, 2.75) is 5.16 Å². The summed E-state index contributed by atoms with van der Waals surface area (Å²) in [6.45, 7) is 0. The van der Waals surface area contributed by atoms with Gasteiger partial charge in [0, 0.05) is 0 Å². The van der Waals surface area contributed by atoms with Crippen molar-refractivity contribution < 1.29 is 9.18 Å². The van der Waals surface area contributed by atoms with E-state index in [2.05, 4.69) is 10.3 Å². The summed E-state index contributed by atoms with van der Waals surface area (Å²) in [5.41, 5.74) is 0.956. The van der Waals surface area contributed by atoms with Gasteiger partial charge in [-0.25, -0.2) is 9.37 Å². The lowest BCUT2D eigenvalue weighted by atomic mass is 10.2. The molecule has 0 radical (unpaired) electrons. The van der Waals surface area contributed by atoms with Crippen LogP contribution in [0.15, 0.2) is 76.7 Å². The highest BCUT2D eigenvalue weighted by Gasteiger charge is 2.16. The van der Waals surface area contributed by atoms with Gasteiger partial charge >= 0.3 is 0 Å². The second-order valence-electron chi connectivity index (χ2n) is 6.46. The summed E-state index contributed by atoms with van der Waals surface area (Å²) in [4.78, 5) is 30.2. The van der Waals surface area contributed by atoms with Crippen molar-refractivity contribution in [3.63, 3.8) is 0 Å². The summed E-state index contributed by atoms with van der Waals surface area (Å²) in [6, 6.07) is 17.3. The number of benzene rings is 3. The minimum Gasteiger partial charge on any atom is -0.323 e. The minimum atomic E-state index is -0.421. The molecule has 0 atom stereocenters. The number of hydrogen-bond acceptors (Lipinski definition) is 4. The molecule has 4 aromatic rings. The Kier molecular flexibility index (Phi) is 6.27. The van der Waals surface area contributed by atoms with E-state index in [0.717, 1.165) is 11.8 Å². The Hall–Kier alpha value is -2.87. The van der Waals surface area contributed by atoms with Gasteiger partial charge in [0.2, 0.25) is 5.91 Å². The van der Waals surface area contributed by atoms with E-state index < -0.39 is 5.82 Å². The molecule has 5 nitrogen and oxygen atoms in total. The van der Waals surface area contributed by atoms with Gasteiger partial charge in [0.25, 0.3) is 5.56 Å². The number of aromatic nitrogens is 2. The third kappa shape index (κ3) is 4.58. The molecule has 0 saturated heterocycles. The molecule has 1 N–H and O–H groups in total. The summed E-state index contributed by atoms with van der Waals surface area (Å²) in [6.07, 6.45) is 0. The fraction of sp³-hybridized carbons (Fsp3) is 0.0455. The Balaban J connectivity index is 1.68. The maximum atomic E-state index is 13.4. The maximum Gasteiger partial charge on any atom is 0.266 e. The number of amides is 1. The van der Waals surface area contributed by atoms with Crippen molar-refractivity contribution in [2.75, 3.05) is 11.1 Å². The predicted molar refractivity (Wildman–Crippen MR) is 123 cm³/mol. The average molecular weight is 474 g/mol. The third-order valence-corrected chi connectivity index (χ3v) is 5.96. The SMILES string of the molecule is O=C(CSc1nc2ccccc2c(=O)n1-c1ccc(F)cc1)Nc1c(Cl)cccc1Cl. The number of halogens is 3. The van der Waals surface area contributed by atoms with Crippen LogP contribution in [-0.2, 0) is 4.79 Å². The molecule has 156 valence electrons. The Morgan fingerprint density at radius 2 is 1.68 bits per heavy atom. The summed E-state index contributed by atoms with van der Waals surface area (Å²) >= 11 is 13.3. The molecule has 0 spiro atoms. The number of fused-ring (bicyclic) bond motifs is 1. The molecule has 0 bridgehead atoms. The largest absolute Gasteiger partial charge is 0.323 e. The van der Waals surface area contributed by atoms with Crippen molar-refractivity contribution in [1.29, 1.82) is 0 Å². The van der Waals surface area contributed by atoms with Gasteiger partial charge in [0.1, 0.15) is 5.82 Å². The monoisotopic (exact) mass is 473 g/mol. The Labute approximate surface area is 190 Å². The lowest BCUT2D eigenvalue weighted by Crippen LogP contribution is -2.23. The number of carbonyl (C=O) groups excluding carboxylic acids is 1. The van der Waals surface area contributed by atoms with Gasteiger partial charge in [0.15, 0.2) is 5.16 Å². The van der Waals surface area contributed by atoms with Crippen LogP contribution in [0.2, 0.25) is 10.0 Å². The Morgan fingerprint density at radius 1 is 1.00 bits per heavy atom. The van der Waals surface area contributed by atoms with Crippen molar-refractivity contribution in [3.05, 3.63) is 92.9 Å². The van der Waals surface area contributed by atoms with Crippen LogP contribution < -0.4 is 10.9 Å². The lowest BCUT2D eigenvalue weighted by Gasteiger charge is -2.13. The molecule has 0 fully saturated rings. The molecule has 0 aliphatic rings. The normalized spacial score (nSPS) is 10.9. The highest BCUT2D eigenvalue weighted by atomic mass is 35.5. The quantitative estimate of drug-likeness (QED) is 0.304. The molecule has 0 saturated carbocycles. The molecule has 0 aliphatic carbocycles. The standard InChI is InChI=1S/C22H14Cl2FN3O2S/c23-16-5-3-6-17(24)20(16)27-19(29)12-31-22-26-18-7-2-1-4-15(18)21(30)28(22)14-10-8-13(25)9-11-14/h1-11H,12H2,(H,27,29). The highest BCUT2D eigenvalue weighted by Crippen LogP contribution is 2.30.